The Labute approximate surface area is 135 Å². The van der Waals surface area contributed by atoms with Gasteiger partial charge in [-0.3, -0.25) is 4.98 Å². The molecule has 3 aromatic rings. The van der Waals surface area contributed by atoms with Crippen molar-refractivity contribution >= 4 is 17.3 Å². The van der Waals surface area contributed by atoms with E-state index in [0.717, 1.165) is 23.7 Å². The molecule has 0 fully saturated rings. The number of hydrogen-bond donors (Lipinski definition) is 1. The summed E-state index contributed by atoms with van der Waals surface area (Å²) in [5.41, 5.74) is 4.90. The molecule has 0 saturated carbocycles. The summed E-state index contributed by atoms with van der Waals surface area (Å²) in [5.74, 6) is 0. The lowest BCUT2D eigenvalue weighted by Gasteiger charge is -2.08. The Morgan fingerprint density at radius 2 is 1.32 bits per heavy atom. The highest BCUT2D eigenvalue weighted by atomic mass is 35.5. The van der Waals surface area contributed by atoms with E-state index in [1.54, 1.807) is 0 Å². The van der Waals surface area contributed by atoms with Crippen LogP contribution in [0.1, 0.15) is 16.7 Å². The third-order valence-corrected chi connectivity index (χ3v) is 3.77. The molecule has 0 radical (unpaired) electrons. The van der Waals surface area contributed by atoms with Crippen LogP contribution in [-0.2, 0) is 13.0 Å². The number of aromatic nitrogens is 1. The molecular weight excluding hydrogens is 292 g/mol. The summed E-state index contributed by atoms with van der Waals surface area (Å²) in [6.07, 6.45) is 4.59. The van der Waals surface area contributed by atoms with Gasteiger partial charge in [0.15, 0.2) is 0 Å². The molecule has 22 heavy (non-hydrogen) atoms. The second-order valence-electron chi connectivity index (χ2n) is 5.21. The highest BCUT2D eigenvalue weighted by Gasteiger charge is 1.98. The number of nitrogens with one attached hydrogen (secondary N) is 1. The molecule has 0 spiro atoms. The summed E-state index contributed by atoms with van der Waals surface area (Å²) in [6, 6.07) is 20.5. The van der Waals surface area contributed by atoms with E-state index in [-0.39, 0.29) is 0 Å². The number of benzene rings is 2. The molecular formula is C19H17ClN2. The van der Waals surface area contributed by atoms with Crippen molar-refractivity contribution in [2.75, 3.05) is 5.32 Å². The first-order valence-corrected chi connectivity index (χ1v) is 7.63. The molecule has 3 rings (SSSR count). The van der Waals surface area contributed by atoms with Crippen LogP contribution in [0, 0.1) is 0 Å². The lowest BCUT2D eigenvalue weighted by molar-refractivity contribution is 1.14. The smallest absolute Gasteiger partial charge is 0.0406 e. The van der Waals surface area contributed by atoms with Gasteiger partial charge in [-0.15, -0.1) is 0 Å². The fourth-order valence-electron chi connectivity index (χ4n) is 2.28. The maximum Gasteiger partial charge on any atom is 0.0406 e. The van der Waals surface area contributed by atoms with Crippen molar-refractivity contribution in [3.63, 3.8) is 0 Å². The second-order valence-corrected chi connectivity index (χ2v) is 5.65. The van der Waals surface area contributed by atoms with Crippen LogP contribution in [0.5, 0.6) is 0 Å². The summed E-state index contributed by atoms with van der Waals surface area (Å²) >= 11 is 5.89. The van der Waals surface area contributed by atoms with Gasteiger partial charge in [0.2, 0.25) is 0 Å². The predicted octanol–water partition coefficient (Wildman–Crippen LogP) is 4.94. The van der Waals surface area contributed by atoms with Gasteiger partial charge in [0.05, 0.1) is 0 Å². The Balaban J connectivity index is 1.58. The van der Waals surface area contributed by atoms with Gasteiger partial charge >= 0.3 is 0 Å². The van der Waals surface area contributed by atoms with Crippen molar-refractivity contribution in [1.82, 2.24) is 4.98 Å². The molecule has 1 aromatic heterocycles. The molecule has 3 heteroatoms. The number of halogens is 1. The monoisotopic (exact) mass is 308 g/mol. The standard InChI is InChI=1S/C19H17ClN2/c20-18-5-1-17(2-6-18)14-22-19-7-3-15(4-8-19)13-16-9-11-21-12-10-16/h1-12,22H,13-14H2. The minimum absolute atomic E-state index is 0.768. The largest absolute Gasteiger partial charge is 0.381 e. The fraction of sp³-hybridized carbons (Fsp3) is 0.105. The normalized spacial score (nSPS) is 10.4. The summed E-state index contributed by atoms with van der Waals surface area (Å²) in [7, 11) is 0. The summed E-state index contributed by atoms with van der Waals surface area (Å²) in [5, 5.41) is 4.19. The average Bonchev–Trinajstić information content (AvgIpc) is 2.57. The van der Waals surface area contributed by atoms with E-state index in [9.17, 15) is 0 Å². The molecule has 110 valence electrons. The third kappa shape index (κ3) is 4.09. The van der Waals surface area contributed by atoms with E-state index in [1.807, 2.05) is 48.8 Å². The fourth-order valence-corrected chi connectivity index (χ4v) is 2.41. The van der Waals surface area contributed by atoms with Gasteiger partial charge in [-0.05, 0) is 59.5 Å². The molecule has 2 nitrogen and oxygen atoms in total. The van der Waals surface area contributed by atoms with Crippen LogP contribution in [0.2, 0.25) is 5.02 Å². The highest BCUT2D eigenvalue weighted by molar-refractivity contribution is 6.30. The maximum absolute atomic E-state index is 5.89. The zero-order chi connectivity index (χ0) is 15.2. The van der Waals surface area contributed by atoms with Crippen LogP contribution < -0.4 is 5.32 Å². The molecule has 0 bridgehead atoms. The predicted molar refractivity (Wildman–Crippen MR) is 92.3 cm³/mol. The van der Waals surface area contributed by atoms with Crippen molar-refractivity contribution in [3.8, 4) is 0 Å². The van der Waals surface area contributed by atoms with Gasteiger partial charge in [0.1, 0.15) is 0 Å². The van der Waals surface area contributed by atoms with Gasteiger partial charge < -0.3 is 5.32 Å². The van der Waals surface area contributed by atoms with Gasteiger partial charge in [-0.25, -0.2) is 0 Å². The van der Waals surface area contributed by atoms with Gasteiger partial charge in [0, 0.05) is 29.6 Å². The Hall–Kier alpha value is -2.32. The highest BCUT2D eigenvalue weighted by Crippen LogP contribution is 2.15. The first-order valence-electron chi connectivity index (χ1n) is 7.26. The van der Waals surface area contributed by atoms with Crippen LogP contribution in [0.15, 0.2) is 73.1 Å². The molecule has 0 aliphatic carbocycles. The van der Waals surface area contributed by atoms with Crippen LogP contribution in [-0.4, -0.2) is 4.98 Å². The van der Waals surface area contributed by atoms with Gasteiger partial charge in [0.25, 0.3) is 0 Å². The first kappa shape index (κ1) is 14.6. The Bertz CT molecular complexity index is 707. The summed E-state index contributed by atoms with van der Waals surface area (Å²) in [4.78, 5) is 4.04. The lowest BCUT2D eigenvalue weighted by Crippen LogP contribution is -1.99. The molecule has 0 amide bonds. The van der Waals surface area contributed by atoms with Crippen molar-refractivity contribution in [3.05, 3.63) is 94.8 Å². The molecule has 1 heterocycles. The molecule has 1 N–H and O–H groups in total. The first-order chi connectivity index (χ1) is 10.8. The van der Waals surface area contributed by atoms with Gasteiger partial charge in [-0.2, -0.15) is 0 Å². The van der Waals surface area contributed by atoms with E-state index in [2.05, 4.69) is 34.6 Å². The summed E-state index contributed by atoms with van der Waals surface area (Å²) < 4.78 is 0. The zero-order valence-electron chi connectivity index (χ0n) is 12.2. The van der Waals surface area contributed by atoms with Crippen molar-refractivity contribution in [2.45, 2.75) is 13.0 Å². The van der Waals surface area contributed by atoms with Crippen LogP contribution in [0.4, 0.5) is 5.69 Å². The van der Waals surface area contributed by atoms with Gasteiger partial charge in [-0.1, -0.05) is 35.9 Å². The molecule has 2 aromatic carbocycles. The average molecular weight is 309 g/mol. The van der Waals surface area contributed by atoms with Crippen LogP contribution in [0.3, 0.4) is 0 Å². The third-order valence-electron chi connectivity index (χ3n) is 3.52. The molecule has 0 aliphatic rings. The number of pyridine rings is 1. The van der Waals surface area contributed by atoms with Crippen LogP contribution >= 0.6 is 11.6 Å². The number of rotatable bonds is 5. The van der Waals surface area contributed by atoms with E-state index in [0.29, 0.717) is 0 Å². The Morgan fingerprint density at radius 3 is 2.00 bits per heavy atom. The van der Waals surface area contributed by atoms with Crippen LogP contribution in [0.25, 0.3) is 0 Å². The molecule has 0 unspecified atom stereocenters. The number of anilines is 1. The maximum atomic E-state index is 5.89. The quantitative estimate of drug-likeness (QED) is 0.722. The van der Waals surface area contributed by atoms with E-state index >= 15 is 0 Å². The van der Waals surface area contributed by atoms with E-state index in [1.165, 1.54) is 16.7 Å². The van der Waals surface area contributed by atoms with E-state index in [4.69, 9.17) is 11.6 Å². The SMILES string of the molecule is Clc1ccc(CNc2ccc(Cc3ccncc3)cc2)cc1. The summed E-state index contributed by atoms with van der Waals surface area (Å²) in [6.45, 7) is 0.793. The second kappa shape index (κ2) is 7.10. The Morgan fingerprint density at radius 1 is 0.727 bits per heavy atom. The lowest BCUT2D eigenvalue weighted by atomic mass is 10.1. The molecule has 0 atom stereocenters. The van der Waals surface area contributed by atoms with E-state index < -0.39 is 0 Å². The minimum atomic E-state index is 0.768. The van der Waals surface area contributed by atoms with Crippen molar-refractivity contribution < 1.29 is 0 Å². The van der Waals surface area contributed by atoms with Crippen molar-refractivity contribution in [1.29, 1.82) is 0 Å². The molecule has 0 saturated heterocycles. The zero-order valence-corrected chi connectivity index (χ0v) is 12.9. The Kier molecular flexibility index (Phi) is 4.71. The topological polar surface area (TPSA) is 24.9 Å². The number of hydrogen-bond acceptors (Lipinski definition) is 2. The molecule has 0 aliphatic heterocycles. The minimum Gasteiger partial charge on any atom is -0.381 e. The van der Waals surface area contributed by atoms with Crippen molar-refractivity contribution in [2.24, 2.45) is 0 Å². The number of nitrogens with zero attached hydrogens (tertiary/aromatic N) is 1.